The predicted octanol–water partition coefficient (Wildman–Crippen LogP) is 3.85. The number of hydrogen-bond donors (Lipinski definition) is 1. The van der Waals surface area contributed by atoms with Gasteiger partial charge in [-0.15, -0.1) is 11.3 Å². The van der Waals surface area contributed by atoms with Crippen molar-refractivity contribution in [3.63, 3.8) is 0 Å². The summed E-state index contributed by atoms with van der Waals surface area (Å²) in [6, 6.07) is 13.7. The first kappa shape index (κ1) is 24.5. The third kappa shape index (κ3) is 6.23. The molecular formula is C23H25FN2O5S2. The molecule has 1 amide bonds. The predicted molar refractivity (Wildman–Crippen MR) is 126 cm³/mol. The van der Waals surface area contributed by atoms with Gasteiger partial charge < -0.3 is 14.8 Å². The molecule has 1 heterocycles. The Morgan fingerprint density at radius 1 is 1.06 bits per heavy atom. The van der Waals surface area contributed by atoms with Gasteiger partial charge in [-0.2, -0.15) is 0 Å². The number of ether oxygens (including phenoxy) is 2. The first-order valence-electron chi connectivity index (χ1n) is 10.1. The van der Waals surface area contributed by atoms with Crippen LogP contribution in [0, 0.1) is 5.82 Å². The van der Waals surface area contributed by atoms with Gasteiger partial charge in [0.1, 0.15) is 16.6 Å². The molecule has 0 aliphatic rings. The molecule has 1 aromatic heterocycles. The highest BCUT2D eigenvalue weighted by Gasteiger charge is 2.28. The Balaban J connectivity index is 1.62. The summed E-state index contributed by atoms with van der Waals surface area (Å²) >= 11 is 1.05. The van der Waals surface area contributed by atoms with Crippen molar-refractivity contribution in [2.45, 2.75) is 17.1 Å². The molecule has 0 radical (unpaired) electrons. The molecule has 7 nitrogen and oxygen atoms in total. The van der Waals surface area contributed by atoms with Gasteiger partial charge in [0.05, 0.1) is 19.9 Å². The number of anilines is 1. The monoisotopic (exact) mass is 492 g/mol. The highest BCUT2D eigenvalue weighted by atomic mass is 32.2. The number of sulfonamides is 1. The number of nitrogens with zero attached hydrogens (tertiary/aromatic N) is 1. The molecule has 2 aromatic carbocycles. The van der Waals surface area contributed by atoms with Crippen molar-refractivity contribution < 1.29 is 27.1 Å². The number of halogens is 1. The van der Waals surface area contributed by atoms with Crippen LogP contribution in [-0.4, -0.2) is 41.6 Å². The van der Waals surface area contributed by atoms with Crippen LogP contribution in [0.2, 0.25) is 0 Å². The minimum Gasteiger partial charge on any atom is -0.493 e. The van der Waals surface area contributed by atoms with E-state index in [9.17, 15) is 17.6 Å². The van der Waals surface area contributed by atoms with Crippen LogP contribution in [0.3, 0.4) is 0 Å². The van der Waals surface area contributed by atoms with Crippen LogP contribution >= 0.6 is 11.3 Å². The molecule has 3 aromatic rings. The molecule has 1 N–H and O–H groups in total. The largest absolute Gasteiger partial charge is 0.493 e. The summed E-state index contributed by atoms with van der Waals surface area (Å²) in [5, 5.41) is 4.40. The molecule has 10 heteroatoms. The van der Waals surface area contributed by atoms with E-state index in [1.807, 2.05) is 18.2 Å². The van der Waals surface area contributed by atoms with E-state index in [1.165, 1.54) is 18.2 Å². The van der Waals surface area contributed by atoms with Crippen LogP contribution in [-0.2, 0) is 21.2 Å². The lowest BCUT2D eigenvalue weighted by Gasteiger charge is -2.23. The minimum atomic E-state index is -3.96. The maximum Gasteiger partial charge on any atom is 0.274 e. The van der Waals surface area contributed by atoms with Crippen LogP contribution in [0.1, 0.15) is 12.0 Å². The Morgan fingerprint density at radius 2 is 1.79 bits per heavy atom. The van der Waals surface area contributed by atoms with E-state index in [4.69, 9.17) is 9.47 Å². The number of benzene rings is 2. The zero-order chi connectivity index (χ0) is 23.8. The fourth-order valence-electron chi connectivity index (χ4n) is 3.18. The van der Waals surface area contributed by atoms with E-state index >= 15 is 0 Å². The fraction of sp³-hybridized carbons (Fsp3) is 0.261. The Morgan fingerprint density at radius 3 is 2.42 bits per heavy atom. The normalized spacial score (nSPS) is 11.1. The number of aryl methyl sites for hydroxylation is 1. The van der Waals surface area contributed by atoms with Crippen molar-refractivity contribution in [3.05, 3.63) is 71.4 Å². The van der Waals surface area contributed by atoms with Crippen LogP contribution in [0.4, 0.5) is 10.1 Å². The molecule has 3 rings (SSSR count). The van der Waals surface area contributed by atoms with Crippen LogP contribution in [0.5, 0.6) is 11.5 Å². The first-order chi connectivity index (χ1) is 15.8. The Bertz CT molecular complexity index is 1170. The van der Waals surface area contributed by atoms with Gasteiger partial charge in [0, 0.05) is 6.54 Å². The van der Waals surface area contributed by atoms with Gasteiger partial charge in [-0.1, -0.05) is 12.1 Å². The summed E-state index contributed by atoms with van der Waals surface area (Å²) in [6.07, 6.45) is 1.34. The van der Waals surface area contributed by atoms with E-state index in [0.29, 0.717) is 30.9 Å². The van der Waals surface area contributed by atoms with E-state index in [2.05, 4.69) is 5.32 Å². The summed E-state index contributed by atoms with van der Waals surface area (Å²) in [5.74, 6) is 0.328. The van der Waals surface area contributed by atoms with Gasteiger partial charge in [0.15, 0.2) is 11.5 Å². The number of thiophene rings is 1. The maximum absolute atomic E-state index is 13.4. The van der Waals surface area contributed by atoms with Crippen LogP contribution in [0.25, 0.3) is 0 Å². The number of amides is 1. The van der Waals surface area contributed by atoms with Gasteiger partial charge >= 0.3 is 0 Å². The molecule has 0 saturated carbocycles. The highest BCUT2D eigenvalue weighted by molar-refractivity contribution is 7.94. The molecule has 176 valence electrons. The lowest BCUT2D eigenvalue weighted by molar-refractivity contribution is -0.119. The average Bonchev–Trinajstić information content (AvgIpc) is 3.37. The fourth-order valence-corrected chi connectivity index (χ4v) is 5.71. The number of rotatable bonds is 11. The number of methoxy groups -OCH3 is 2. The van der Waals surface area contributed by atoms with Crippen molar-refractivity contribution in [2.75, 3.05) is 31.6 Å². The molecule has 0 spiro atoms. The Hall–Kier alpha value is -3.11. The van der Waals surface area contributed by atoms with Gasteiger partial charge in [-0.05, 0) is 66.2 Å². The zero-order valence-electron chi connectivity index (χ0n) is 18.3. The standard InChI is InChI=1S/C23H25FN2O5S2/c1-30-20-12-7-17(15-21(20)31-2)5-3-13-25-22(27)16-26(19-10-8-18(24)9-11-19)33(28,29)23-6-4-14-32-23/h4,6-12,14-15H,3,5,13,16H2,1-2H3,(H,25,27). The SMILES string of the molecule is COc1ccc(CCCNC(=O)CN(c2ccc(F)cc2)S(=O)(=O)c2cccs2)cc1OC. The molecule has 0 unspecified atom stereocenters. The van der Waals surface area contributed by atoms with Crippen molar-refractivity contribution in [3.8, 4) is 11.5 Å². The number of nitrogens with one attached hydrogen (secondary N) is 1. The number of carbonyl (C=O) groups is 1. The topological polar surface area (TPSA) is 84.9 Å². The van der Waals surface area contributed by atoms with Gasteiger partial charge in [0.2, 0.25) is 5.91 Å². The zero-order valence-corrected chi connectivity index (χ0v) is 19.9. The molecule has 33 heavy (non-hydrogen) atoms. The maximum atomic E-state index is 13.4. The van der Waals surface area contributed by atoms with Crippen molar-refractivity contribution in [1.29, 1.82) is 0 Å². The van der Waals surface area contributed by atoms with Crippen LogP contribution in [0.15, 0.2) is 64.2 Å². The molecule has 0 fully saturated rings. The second-order valence-electron chi connectivity index (χ2n) is 7.06. The second kappa shape index (κ2) is 11.2. The first-order valence-corrected chi connectivity index (χ1v) is 12.5. The molecule has 0 bridgehead atoms. The number of carbonyl (C=O) groups excluding carboxylic acids is 1. The van der Waals surface area contributed by atoms with Crippen molar-refractivity contribution >= 4 is 33.0 Å². The van der Waals surface area contributed by atoms with E-state index in [0.717, 1.165) is 33.3 Å². The third-order valence-electron chi connectivity index (χ3n) is 4.85. The van der Waals surface area contributed by atoms with Crippen molar-refractivity contribution in [2.24, 2.45) is 0 Å². The summed E-state index contributed by atoms with van der Waals surface area (Å²) < 4.78 is 51.1. The van der Waals surface area contributed by atoms with Crippen LogP contribution < -0.4 is 19.1 Å². The Kier molecular flexibility index (Phi) is 8.29. The third-order valence-corrected chi connectivity index (χ3v) is 8.00. The van der Waals surface area contributed by atoms with Gasteiger partial charge in [-0.3, -0.25) is 9.10 Å². The second-order valence-corrected chi connectivity index (χ2v) is 10.1. The molecular weight excluding hydrogens is 467 g/mol. The lowest BCUT2D eigenvalue weighted by Crippen LogP contribution is -2.41. The molecule has 0 aliphatic heterocycles. The summed E-state index contributed by atoms with van der Waals surface area (Å²) in [7, 11) is -0.825. The molecule has 0 saturated heterocycles. The number of hydrogen-bond acceptors (Lipinski definition) is 6. The summed E-state index contributed by atoms with van der Waals surface area (Å²) in [5.41, 5.74) is 1.24. The van der Waals surface area contributed by atoms with Gasteiger partial charge in [0.25, 0.3) is 10.0 Å². The molecule has 0 aliphatic carbocycles. The quantitative estimate of drug-likeness (QED) is 0.411. The summed E-state index contributed by atoms with van der Waals surface area (Å²) in [6.45, 7) is -0.0499. The lowest BCUT2D eigenvalue weighted by atomic mass is 10.1. The van der Waals surface area contributed by atoms with E-state index in [-0.39, 0.29) is 9.90 Å². The Labute approximate surface area is 196 Å². The summed E-state index contributed by atoms with van der Waals surface area (Å²) in [4.78, 5) is 12.6. The smallest absolute Gasteiger partial charge is 0.274 e. The van der Waals surface area contributed by atoms with Crippen molar-refractivity contribution in [1.82, 2.24) is 5.32 Å². The van der Waals surface area contributed by atoms with Gasteiger partial charge in [-0.25, -0.2) is 12.8 Å². The van der Waals surface area contributed by atoms with E-state index in [1.54, 1.807) is 25.7 Å². The minimum absolute atomic E-state index is 0.105. The highest BCUT2D eigenvalue weighted by Crippen LogP contribution is 2.28. The van der Waals surface area contributed by atoms with E-state index < -0.39 is 28.3 Å². The molecule has 0 atom stereocenters. The average molecular weight is 493 g/mol.